The Morgan fingerprint density at radius 2 is 2.13 bits per heavy atom. The van der Waals surface area contributed by atoms with Crippen LogP contribution in [-0.4, -0.2) is 22.5 Å². The zero-order chi connectivity index (χ0) is 22.5. The number of furan rings is 1. The SMILES string of the molecule is COc1ccc(-n2c(C)cc(/C=C(/C#N)C(=O)NCc3ccco3)c2C)c([N+](=O)[O-])c1. The molecule has 0 saturated carbocycles. The second kappa shape index (κ2) is 9.00. The predicted octanol–water partition coefficient (Wildman–Crippen LogP) is 3.83. The van der Waals surface area contributed by atoms with Gasteiger partial charge in [0.15, 0.2) is 0 Å². The summed E-state index contributed by atoms with van der Waals surface area (Å²) < 4.78 is 12.0. The normalized spacial score (nSPS) is 11.1. The number of hydrogen-bond donors (Lipinski definition) is 1. The van der Waals surface area contributed by atoms with Crippen molar-refractivity contribution in [3.63, 3.8) is 0 Å². The second-order valence-corrected chi connectivity index (χ2v) is 6.71. The third-order valence-electron chi connectivity index (χ3n) is 4.76. The quantitative estimate of drug-likeness (QED) is 0.268. The van der Waals surface area contributed by atoms with Crippen LogP contribution in [0.3, 0.4) is 0 Å². The molecule has 31 heavy (non-hydrogen) atoms. The Bertz CT molecular complexity index is 1200. The molecule has 0 aliphatic heterocycles. The van der Waals surface area contributed by atoms with Gasteiger partial charge in [0.25, 0.3) is 11.6 Å². The molecule has 0 radical (unpaired) electrons. The minimum absolute atomic E-state index is 0.0870. The number of methoxy groups -OCH3 is 1. The molecule has 0 fully saturated rings. The molecule has 1 amide bonds. The number of amides is 1. The summed E-state index contributed by atoms with van der Waals surface area (Å²) >= 11 is 0. The Balaban J connectivity index is 1.96. The van der Waals surface area contributed by atoms with E-state index in [0.29, 0.717) is 34.1 Å². The van der Waals surface area contributed by atoms with E-state index in [-0.39, 0.29) is 17.8 Å². The van der Waals surface area contributed by atoms with Gasteiger partial charge in [-0.3, -0.25) is 14.9 Å². The fourth-order valence-corrected chi connectivity index (χ4v) is 3.25. The number of nitro benzene ring substituents is 1. The van der Waals surface area contributed by atoms with Crippen molar-refractivity contribution in [3.8, 4) is 17.5 Å². The first-order chi connectivity index (χ1) is 14.8. The molecule has 9 heteroatoms. The fraction of sp³-hybridized carbons (Fsp3) is 0.182. The number of nitrogens with one attached hydrogen (secondary N) is 1. The van der Waals surface area contributed by atoms with E-state index < -0.39 is 10.8 Å². The van der Waals surface area contributed by atoms with E-state index in [1.54, 1.807) is 48.7 Å². The highest BCUT2D eigenvalue weighted by Crippen LogP contribution is 2.32. The van der Waals surface area contributed by atoms with Gasteiger partial charge >= 0.3 is 0 Å². The number of aryl methyl sites for hydroxylation is 1. The van der Waals surface area contributed by atoms with Gasteiger partial charge in [0.2, 0.25) is 0 Å². The zero-order valence-corrected chi connectivity index (χ0v) is 17.2. The molecule has 3 rings (SSSR count). The van der Waals surface area contributed by atoms with Crippen LogP contribution in [0, 0.1) is 35.3 Å². The number of nitro groups is 1. The van der Waals surface area contributed by atoms with Crippen molar-refractivity contribution in [1.82, 2.24) is 9.88 Å². The predicted molar refractivity (Wildman–Crippen MR) is 113 cm³/mol. The fourth-order valence-electron chi connectivity index (χ4n) is 3.25. The Morgan fingerprint density at radius 3 is 2.74 bits per heavy atom. The minimum Gasteiger partial charge on any atom is -0.496 e. The maximum Gasteiger partial charge on any atom is 0.296 e. The standard InChI is InChI=1S/C22H20N4O5/c1-14-9-16(10-17(12-23)22(27)24-13-19-5-4-8-31-19)15(2)25(14)20-7-6-18(30-3)11-21(20)26(28)29/h4-11H,13H2,1-3H3,(H,24,27)/b17-10-. The maximum absolute atomic E-state index is 12.4. The average molecular weight is 420 g/mol. The summed E-state index contributed by atoms with van der Waals surface area (Å²) in [5.74, 6) is 0.396. The number of rotatable bonds is 7. The van der Waals surface area contributed by atoms with Crippen molar-refractivity contribution < 1.29 is 18.9 Å². The van der Waals surface area contributed by atoms with E-state index in [1.165, 1.54) is 25.5 Å². The molecule has 0 saturated heterocycles. The first kappa shape index (κ1) is 21.4. The van der Waals surface area contributed by atoms with Crippen LogP contribution in [0.15, 0.2) is 52.7 Å². The van der Waals surface area contributed by atoms with Crippen LogP contribution in [-0.2, 0) is 11.3 Å². The van der Waals surface area contributed by atoms with Gasteiger partial charge in [0.1, 0.15) is 28.8 Å². The third kappa shape index (κ3) is 4.48. The zero-order valence-electron chi connectivity index (χ0n) is 17.2. The molecule has 0 aliphatic carbocycles. The molecule has 0 aliphatic rings. The number of hydrogen-bond acceptors (Lipinski definition) is 6. The molecule has 1 aromatic carbocycles. The van der Waals surface area contributed by atoms with Crippen molar-refractivity contribution in [2.45, 2.75) is 20.4 Å². The lowest BCUT2D eigenvalue weighted by Crippen LogP contribution is -2.23. The summed E-state index contributed by atoms with van der Waals surface area (Å²) in [5, 5.41) is 23.7. The Morgan fingerprint density at radius 1 is 1.35 bits per heavy atom. The number of nitrogens with zero attached hydrogens (tertiary/aromatic N) is 3. The van der Waals surface area contributed by atoms with Crippen LogP contribution < -0.4 is 10.1 Å². The Labute approximate surface area is 178 Å². The van der Waals surface area contributed by atoms with Gasteiger partial charge in [-0.05, 0) is 55.8 Å². The van der Waals surface area contributed by atoms with Crippen LogP contribution in [0.25, 0.3) is 11.8 Å². The van der Waals surface area contributed by atoms with Gasteiger partial charge < -0.3 is 19.0 Å². The van der Waals surface area contributed by atoms with E-state index >= 15 is 0 Å². The van der Waals surface area contributed by atoms with Crippen LogP contribution in [0.5, 0.6) is 5.75 Å². The summed E-state index contributed by atoms with van der Waals surface area (Å²) in [5.41, 5.74) is 2.13. The molecule has 9 nitrogen and oxygen atoms in total. The van der Waals surface area contributed by atoms with Gasteiger partial charge in [-0.25, -0.2) is 0 Å². The lowest BCUT2D eigenvalue weighted by Gasteiger charge is -2.11. The lowest BCUT2D eigenvalue weighted by molar-refractivity contribution is -0.384. The summed E-state index contributed by atoms with van der Waals surface area (Å²) in [6, 6.07) is 11.7. The smallest absolute Gasteiger partial charge is 0.296 e. The molecule has 2 heterocycles. The summed E-state index contributed by atoms with van der Waals surface area (Å²) in [7, 11) is 1.44. The van der Waals surface area contributed by atoms with Gasteiger partial charge in [0, 0.05) is 11.4 Å². The van der Waals surface area contributed by atoms with Crippen molar-refractivity contribution in [2.24, 2.45) is 0 Å². The number of aromatic nitrogens is 1. The highest BCUT2D eigenvalue weighted by atomic mass is 16.6. The summed E-state index contributed by atoms with van der Waals surface area (Å²) in [6.07, 6.45) is 2.96. The topological polar surface area (TPSA) is 123 Å². The van der Waals surface area contributed by atoms with Crippen molar-refractivity contribution in [2.75, 3.05) is 7.11 Å². The number of nitriles is 1. The monoisotopic (exact) mass is 420 g/mol. The van der Waals surface area contributed by atoms with E-state index in [4.69, 9.17) is 9.15 Å². The van der Waals surface area contributed by atoms with Crippen LogP contribution in [0.1, 0.15) is 22.7 Å². The van der Waals surface area contributed by atoms with Crippen LogP contribution >= 0.6 is 0 Å². The largest absolute Gasteiger partial charge is 0.496 e. The highest BCUT2D eigenvalue weighted by Gasteiger charge is 2.21. The second-order valence-electron chi connectivity index (χ2n) is 6.71. The van der Waals surface area contributed by atoms with Crippen LogP contribution in [0.2, 0.25) is 0 Å². The maximum atomic E-state index is 12.4. The highest BCUT2D eigenvalue weighted by molar-refractivity contribution is 6.01. The third-order valence-corrected chi connectivity index (χ3v) is 4.76. The van der Waals surface area contributed by atoms with Gasteiger partial charge in [-0.15, -0.1) is 0 Å². The molecule has 0 spiro atoms. The molecule has 1 N–H and O–H groups in total. The van der Waals surface area contributed by atoms with Gasteiger partial charge in [-0.2, -0.15) is 5.26 Å². The molecule has 0 atom stereocenters. The lowest BCUT2D eigenvalue weighted by atomic mass is 10.1. The molecule has 158 valence electrons. The van der Waals surface area contributed by atoms with Gasteiger partial charge in [0.05, 0.1) is 30.9 Å². The molecule has 0 bridgehead atoms. The first-order valence-electron chi connectivity index (χ1n) is 9.29. The number of carbonyl (C=O) groups is 1. The first-order valence-corrected chi connectivity index (χ1v) is 9.29. The van der Waals surface area contributed by atoms with Crippen molar-refractivity contribution in [1.29, 1.82) is 5.26 Å². The number of ether oxygens (including phenoxy) is 1. The molecule has 2 aromatic heterocycles. The van der Waals surface area contributed by atoms with Crippen molar-refractivity contribution >= 4 is 17.7 Å². The average Bonchev–Trinajstić information content (AvgIpc) is 3.37. The molecular weight excluding hydrogens is 400 g/mol. The number of carbonyl (C=O) groups excluding carboxylic acids is 1. The molecule has 0 unspecified atom stereocenters. The summed E-state index contributed by atoms with van der Waals surface area (Å²) in [6.45, 7) is 3.71. The Hall–Kier alpha value is -4.32. The van der Waals surface area contributed by atoms with Gasteiger partial charge in [-0.1, -0.05) is 0 Å². The van der Waals surface area contributed by atoms with E-state index in [0.717, 1.165) is 0 Å². The van der Waals surface area contributed by atoms with E-state index in [1.807, 2.05) is 6.07 Å². The molecule has 3 aromatic rings. The van der Waals surface area contributed by atoms with Crippen molar-refractivity contribution in [3.05, 3.63) is 81.1 Å². The minimum atomic E-state index is -0.542. The Kier molecular flexibility index (Phi) is 6.21. The van der Waals surface area contributed by atoms with E-state index in [9.17, 15) is 20.2 Å². The number of benzene rings is 1. The summed E-state index contributed by atoms with van der Waals surface area (Å²) in [4.78, 5) is 23.5. The van der Waals surface area contributed by atoms with E-state index in [2.05, 4.69) is 5.32 Å². The van der Waals surface area contributed by atoms with Crippen LogP contribution in [0.4, 0.5) is 5.69 Å². The molecular formula is C22H20N4O5.